The highest BCUT2D eigenvalue weighted by molar-refractivity contribution is 7.91. The van der Waals surface area contributed by atoms with Gasteiger partial charge in [0.2, 0.25) is 0 Å². The van der Waals surface area contributed by atoms with Gasteiger partial charge in [0, 0.05) is 12.6 Å². The number of benzene rings is 1. The lowest BCUT2D eigenvalue weighted by Crippen LogP contribution is -2.43. The Balaban J connectivity index is 1.69. The normalized spacial score (nSPS) is 19.5. The van der Waals surface area contributed by atoms with Gasteiger partial charge in [0.25, 0.3) is 0 Å². The minimum atomic E-state index is -2.97. The van der Waals surface area contributed by atoms with Gasteiger partial charge >= 0.3 is 6.03 Å². The Morgan fingerprint density at radius 1 is 1.30 bits per heavy atom. The molecule has 2 N–H and O–H groups in total. The van der Waals surface area contributed by atoms with E-state index < -0.39 is 9.84 Å². The van der Waals surface area contributed by atoms with E-state index >= 15 is 0 Å². The summed E-state index contributed by atoms with van der Waals surface area (Å²) in [4.78, 5) is 11.7. The van der Waals surface area contributed by atoms with Gasteiger partial charge in [-0.3, -0.25) is 0 Å². The van der Waals surface area contributed by atoms with E-state index in [4.69, 9.17) is 4.74 Å². The molecule has 1 aromatic carbocycles. The lowest BCUT2D eigenvalue weighted by Gasteiger charge is -2.12. The molecule has 0 saturated carbocycles. The van der Waals surface area contributed by atoms with Crippen LogP contribution in [-0.2, 0) is 16.3 Å². The molecule has 1 aromatic rings. The first-order valence-corrected chi connectivity index (χ1v) is 9.66. The van der Waals surface area contributed by atoms with Gasteiger partial charge in [-0.2, -0.15) is 0 Å². The highest BCUT2D eigenvalue weighted by Crippen LogP contribution is 2.14. The predicted octanol–water partition coefficient (Wildman–Crippen LogP) is 1.50. The van der Waals surface area contributed by atoms with Crippen LogP contribution in [0.5, 0.6) is 5.75 Å². The summed E-state index contributed by atoms with van der Waals surface area (Å²) in [7, 11) is -2.97. The SMILES string of the molecule is CC(C)Oc1ccc(CCNC(=O)NC2CCS(=O)(=O)C2)cc1. The van der Waals surface area contributed by atoms with E-state index in [0.717, 1.165) is 11.3 Å². The van der Waals surface area contributed by atoms with E-state index in [0.29, 0.717) is 19.4 Å². The average Bonchev–Trinajstić information content (AvgIpc) is 2.79. The molecule has 2 amide bonds. The minimum absolute atomic E-state index is 0.0394. The highest BCUT2D eigenvalue weighted by Gasteiger charge is 2.28. The number of nitrogens with one attached hydrogen (secondary N) is 2. The molecule has 1 heterocycles. The summed E-state index contributed by atoms with van der Waals surface area (Å²) in [5.74, 6) is 1.03. The van der Waals surface area contributed by atoms with Crippen LogP contribution in [0.2, 0.25) is 0 Å². The fourth-order valence-corrected chi connectivity index (χ4v) is 4.15. The average molecular weight is 340 g/mol. The predicted molar refractivity (Wildman–Crippen MR) is 89.5 cm³/mol. The molecular weight excluding hydrogens is 316 g/mol. The van der Waals surface area contributed by atoms with Crippen LogP contribution in [-0.4, -0.2) is 44.6 Å². The Bertz CT molecular complexity index is 626. The summed E-state index contributed by atoms with van der Waals surface area (Å²) in [6, 6.07) is 7.19. The molecule has 7 heteroatoms. The Hall–Kier alpha value is -1.76. The molecule has 1 atom stereocenters. The van der Waals surface area contributed by atoms with Crippen molar-refractivity contribution in [2.24, 2.45) is 0 Å². The molecule has 1 unspecified atom stereocenters. The Morgan fingerprint density at radius 3 is 2.57 bits per heavy atom. The second-order valence-corrected chi connectivity index (χ2v) is 8.29. The Morgan fingerprint density at radius 2 is 2.00 bits per heavy atom. The molecule has 0 aromatic heterocycles. The third kappa shape index (κ3) is 6.09. The van der Waals surface area contributed by atoms with Crippen molar-refractivity contribution in [3.8, 4) is 5.75 Å². The molecule has 1 aliphatic heterocycles. The third-order valence-electron chi connectivity index (χ3n) is 3.56. The van der Waals surface area contributed by atoms with E-state index in [9.17, 15) is 13.2 Å². The maximum absolute atomic E-state index is 11.7. The molecule has 0 spiro atoms. The largest absolute Gasteiger partial charge is 0.491 e. The number of sulfone groups is 1. The van der Waals surface area contributed by atoms with Crippen molar-refractivity contribution in [1.29, 1.82) is 0 Å². The lowest BCUT2D eigenvalue weighted by molar-refractivity contribution is 0.238. The standard InChI is InChI=1S/C16H24N2O4S/c1-12(2)22-15-5-3-13(4-6-15)7-9-17-16(19)18-14-8-10-23(20,21)11-14/h3-6,12,14H,7-11H2,1-2H3,(H2,17,18,19). The van der Waals surface area contributed by atoms with Crippen LogP contribution in [0.3, 0.4) is 0 Å². The maximum Gasteiger partial charge on any atom is 0.315 e. The number of carbonyl (C=O) groups is 1. The fourth-order valence-electron chi connectivity index (χ4n) is 2.47. The van der Waals surface area contributed by atoms with Crippen LogP contribution >= 0.6 is 0 Å². The van der Waals surface area contributed by atoms with Crippen molar-refractivity contribution in [3.05, 3.63) is 29.8 Å². The zero-order valence-electron chi connectivity index (χ0n) is 13.5. The van der Waals surface area contributed by atoms with E-state index in [1.165, 1.54) is 0 Å². The summed E-state index contributed by atoms with van der Waals surface area (Å²) in [6.45, 7) is 4.45. The van der Waals surface area contributed by atoms with Crippen LogP contribution in [0, 0.1) is 0 Å². The molecule has 2 rings (SSSR count). The number of carbonyl (C=O) groups excluding carboxylic acids is 1. The maximum atomic E-state index is 11.7. The summed E-state index contributed by atoms with van der Waals surface area (Å²) < 4.78 is 28.2. The van der Waals surface area contributed by atoms with Crippen molar-refractivity contribution < 1.29 is 17.9 Å². The van der Waals surface area contributed by atoms with Gasteiger partial charge in [-0.15, -0.1) is 0 Å². The van der Waals surface area contributed by atoms with Crippen molar-refractivity contribution in [1.82, 2.24) is 10.6 Å². The van der Waals surface area contributed by atoms with Gasteiger partial charge in [-0.25, -0.2) is 13.2 Å². The van der Waals surface area contributed by atoms with Crippen LogP contribution in [0.4, 0.5) is 4.79 Å². The van der Waals surface area contributed by atoms with Gasteiger partial charge in [-0.1, -0.05) is 12.1 Å². The monoisotopic (exact) mass is 340 g/mol. The van der Waals surface area contributed by atoms with Crippen molar-refractivity contribution in [2.75, 3.05) is 18.1 Å². The number of amides is 2. The van der Waals surface area contributed by atoms with E-state index in [1.807, 2.05) is 38.1 Å². The minimum Gasteiger partial charge on any atom is -0.491 e. The Labute approximate surface area is 137 Å². The summed E-state index contributed by atoms with van der Waals surface area (Å²) in [5, 5.41) is 5.46. The molecule has 1 fully saturated rings. The Kier molecular flexibility index (Phi) is 5.87. The van der Waals surface area contributed by atoms with E-state index in [-0.39, 0.29) is 29.7 Å². The molecule has 6 nitrogen and oxygen atoms in total. The first-order chi connectivity index (χ1) is 10.8. The zero-order valence-corrected chi connectivity index (χ0v) is 14.4. The fraction of sp³-hybridized carbons (Fsp3) is 0.562. The number of hydrogen-bond donors (Lipinski definition) is 2. The van der Waals surface area contributed by atoms with Gasteiger partial charge in [0.15, 0.2) is 9.84 Å². The third-order valence-corrected chi connectivity index (χ3v) is 5.33. The van der Waals surface area contributed by atoms with Crippen LogP contribution < -0.4 is 15.4 Å². The zero-order chi connectivity index (χ0) is 16.9. The molecule has 1 aliphatic rings. The molecule has 1 saturated heterocycles. The molecule has 23 heavy (non-hydrogen) atoms. The van der Waals surface area contributed by atoms with E-state index in [2.05, 4.69) is 10.6 Å². The van der Waals surface area contributed by atoms with E-state index in [1.54, 1.807) is 0 Å². The number of hydrogen-bond acceptors (Lipinski definition) is 4. The van der Waals surface area contributed by atoms with Gasteiger partial charge in [0.05, 0.1) is 17.6 Å². The summed E-state index contributed by atoms with van der Waals surface area (Å²) >= 11 is 0. The number of rotatable bonds is 6. The van der Waals surface area contributed by atoms with Crippen molar-refractivity contribution in [3.63, 3.8) is 0 Å². The van der Waals surface area contributed by atoms with Gasteiger partial charge < -0.3 is 15.4 Å². The molecule has 0 bridgehead atoms. The first-order valence-electron chi connectivity index (χ1n) is 7.84. The molecule has 128 valence electrons. The summed E-state index contributed by atoms with van der Waals surface area (Å²) in [5.41, 5.74) is 1.10. The quantitative estimate of drug-likeness (QED) is 0.822. The van der Waals surface area contributed by atoms with Crippen LogP contribution in [0.1, 0.15) is 25.8 Å². The first kappa shape index (κ1) is 17.6. The molecule has 0 aliphatic carbocycles. The number of ether oxygens (including phenoxy) is 1. The van der Waals surface area contributed by atoms with Crippen molar-refractivity contribution in [2.45, 2.75) is 38.8 Å². The van der Waals surface area contributed by atoms with Crippen molar-refractivity contribution >= 4 is 15.9 Å². The topological polar surface area (TPSA) is 84.5 Å². The highest BCUT2D eigenvalue weighted by atomic mass is 32.2. The summed E-state index contributed by atoms with van der Waals surface area (Å²) in [6.07, 6.45) is 1.34. The second-order valence-electron chi connectivity index (χ2n) is 6.06. The molecular formula is C16H24N2O4S. The number of urea groups is 1. The lowest BCUT2D eigenvalue weighted by atomic mass is 10.1. The van der Waals surface area contributed by atoms with Crippen LogP contribution in [0.25, 0.3) is 0 Å². The smallest absolute Gasteiger partial charge is 0.315 e. The van der Waals surface area contributed by atoms with Gasteiger partial charge in [-0.05, 0) is 44.4 Å². The second kappa shape index (κ2) is 7.68. The van der Waals surface area contributed by atoms with Crippen LogP contribution in [0.15, 0.2) is 24.3 Å². The van der Waals surface area contributed by atoms with Gasteiger partial charge in [0.1, 0.15) is 5.75 Å². The molecule has 0 radical (unpaired) electrons.